The first kappa shape index (κ1) is 21.3. The summed E-state index contributed by atoms with van der Waals surface area (Å²) in [6.07, 6.45) is 2.10. The van der Waals surface area contributed by atoms with E-state index in [4.69, 9.17) is 0 Å². The minimum atomic E-state index is 0. The molecular formula is C20H28IN3O. The number of phenolic OH excluding ortho intramolecular Hbond substituents is 1. The Balaban J connectivity index is 0.00000312. The van der Waals surface area contributed by atoms with Crippen LogP contribution in [0.2, 0.25) is 0 Å². The monoisotopic (exact) mass is 453 g/mol. The van der Waals surface area contributed by atoms with Crippen molar-refractivity contribution in [2.45, 2.75) is 39.3 Å². The molecule has 0 radical (unpaired) electrons. The topological polar surface area (TPSA) is 56.7 Å². The second kappa shape index (κ2) is 11.7. The largest absolute Gasteiger partial charge is 0.508 e. The normalized spacial score (nSPS) is 12.2. The third-order valence-corrected chi connectivity index (χ3v) is 3.79. The fourth-order valence-electron chi connectivity index (χ4n) is 2.43. The molecule has 136 valence electrons. The van der Waals surface area contributed by atoms with Crippen LogP contribution in [0.3, 0.4) is 0 Å². The molecule has 0 aliphatic heterocycles. The summed E-state index contributed by atoms with van der Waals surface area (Å²) in [5.74, 6) is 1.11. The van der Waals surface area contributed by atoms with Crippen LogP contribution in [0.5, 0.6) is 5.75 Å². The number of guanidine groups is 1. The van der Waals surface area contributed by atoms with Crippen LogP contribution in [0.4, 0.5) is 0 Å². The molecule has 5 heteroatoms. The van der Waals surface area contributed by atoms with Gasteiger partial charge in [0.1, 0.15) is 5.75 Å². The fourth-order valence-corrected chi connectivity index (χ4v) is 2.43. The predicted molar refractivity (Wildman–Crippen MR) is 116 cm³/mol. The van der Waals surface area contributed by atoms with Crippen molar-refractivity contribution in [3.63, 3.8) is 0 Å². The molecule has 4 nitrogen and oxygen atoms in total. The number of nitrogens with one attached hydrogen (secondary N) is 2. The highest BCUT2D eigenvalue weighted by Crippen LogP contribution is 2.10. The lowest BCUT2D eigenvalue weighted by atomic mass is 10.1. The number of rotatable bonds is 7. The van der Waals surface area contributed by atoms with Crippen molar-refractivity contribution in [1.29, 1.82) is 0 Å². The molecule has 0 aromatic heterocycles. The molecule has 0 aliphatic carbocycles. The van der Waals surface area contributed by atoms with Crippen LogP contribution in [0, 0.1) is 0 Å². The van der Waals surface area contributed by atoms with Crippen molar-refractivity contribution in [2.24, 2.45) is 4.99 Å². The van der Waals surface area contributed by atoms with E-state index in [-0.39, 0.29) is 29.7 Å². The van der Waals surface area contributed by atoms with E-state index >= 15 is 0 Å². The highest BCUT2D eigenvalue weighted by atomic mass is 127. The van der Waals surface area contributed by atoms with Gasteiger partial charge in [-0.15, -0.1) is 24.0 Å². The summed E-state index contributed by atoms with van der Waals surface area (Å²) in [5, 5.41) is 16.1. The predicted octanol–water partition coefficient (Wildman–Crippen LogP) is 4.09. The number of halogens is 1. The molecule has 2 rings (SSSR count). The molecule has 0 saturated carbocycles. The molecule has 25 heavy (non-hydrogen) atoms. The molecule has 0 heterocycles. The van der Waals surface area contributed by atoms with Gasteiger partial charge in [-0.05, 0) is 49.9 Å². The Kier molecular flexibility index (Phi) is 9.99. The molecule has 3 N–H and O–H groups in total. The first-order valence-electron chi connectivity index (χ1n) is 8.54. The zero-order chi connectivity index (χ0) is 17.2. The number of hydrogen-bond donors (Lipinski definition) is 3. The molecular weight excluding hydrogens is 425 g/mol. The van der Waals surface area contributed by atoms with Gasteiger partial charge >= 0.3 is 0 Å². The van der Waals surface area contributed by atoms with Crippen LogP contribution in [0.1, 0.15) is 31.4 Å². The maximum Gasteiger partial charge on any atom is 0.191 e. The molecule has 0 amide bonds. The first-order valence-corrected chi connectivity index (χ1v) is 8.54. The lowest BCUT2D eigenvalue weighted by Crippen LogP contribution is -2.42. The molecule has 0 spiro atoms. The first-order chi connectivity index (χ1) is 11.7. The summed E-state index contributed by atoms with van der Waals surface area (Å²) in [4.78, 5) is 4.62. The number of hydrogen-bond acceptors (Lipinski definition) is 2. The second-order valence-corrected chi connectivity index (χ2v) is 5.93. The average Bonchev–Trinajstić information content (AvgIpc) is 2.60. The van der Waals surface area contributed by atoms with Crippen LogP contribution in [0.15, 0.2) is 59.6 Å². The quantitative estimate of drug-likeness (QED) is 0.336. The van der Waals surface area contributed by atoms with Gasteiger partial charge in [-0.3, -0.25) is 0 Å². The lowest BCUT2D eigenvalue weighted by Gasteiger charge is -2.18. The van der Waals surface area contributed by atoms with E-state index in [1.54, 1.807) is 12.1 Å². The standard InChI is InChI=1S/C20H27N3O.HI/c1-3-21-20(22-15-18-11-13-19(24)14-12-18)23-16(2)9-10-17-7-5-4-6-8-17;/h4-8,11-14,16,24H,3,9-10,15H2,1-2H3,(H2,21,22,23);1H. The van der Waals surface area contributed by atoms with Crippen LogP contribution in [-0.4, -0.2) is 23.7 Å². The van der Waals surface area contributed by atoms with E-state index in [2.05, 4.69) is 53.7 Å². The third-order valence-electron chi connectivity index (χ3n) is 3.79. The van der Waals surface area contributed by atoms with E-state index in [1.165, 1.54) is 5.56 Å². The zero-order valence-electron chi connectivity index (χ0n) is 14.9. The number of phenols is 1. The highest BCUT2D eigenvalue weighted by molar-refractivity contribution is 14.0. The zero-order valence-corrected chi connectivity index (χ0v) is 17.2. The van der Waals surface area contributed by atoms with Gasteiger partial charge in [-0.2, -0.15) is 0 Å². The van der Waals surface area contributed by atoms with Gasteiger partial charge in [-0.25, -0.2) is 4.99 Å². The summed E-state index contributed by atoms with van der Waals surface area (Å²) in [6.45, 7) is 5.65. The van der Waals surface area contributed by atoms with Crippen molar-refractivity contribution in [2.75, 3.05) is 6.54 Å². The van der Waals surface area contributed by atoms with Crippen molar-refractivity contribution in [1.82, 2.24) is 10.6 Å². The van der Waals surface area contributed by atoms with Crippen molar-refractivity contribution < 1.29 is 5.11 Å². The lowest BCUT2D eigenvalue weighted by molar-refractivity contribution is 0.475. The van der Waals surface area contributed by atoms with E-state index in [9.17, 15) is 5.11 Å². The maximum atomic E-state index is 9.33. The molecule has 0 bridgehead atoms. The molecule has 1 atom stereocenters. The summed E-state index contributed by atoms with van der Waals surface area (Å²) >= 11 is 0. The van der Waals surface area contributed by atoms with Gasteiger partial charge in [0, 0.05) is 12.6 Å². The number of aliphatic imine (C=N–C) groups is 1. The van der Waals surface area contributed by atoms with E-state index in [1.807, 2.05) is 18.2 Å². The smallest absolute Gasteiger partial charge is 0.191 e. The molecule has 2 aromatic rings. The van der Waals surface area contributed by atoms with Gasteiger partial charge in [0.05, 0.1) is 6.54 Å². The second-order valence-electron chi connectivity index (χ2n) is 5.93. The van der Waals surface area contributed by atoms with Gasteiger partial charge in [0.25, 0.3) is 0 Å². The molecule has 0 aliphatic rings. The van der Waals surface area contributed by atoms with E-state index in [0.29, 0.717) is 12.6 Å². The van der Waals surface area contributed by atoms with Crippen molar-refractivity contribution in [3.8, 4) is 5.75 Å². The summed E-state index contributed by atoms with van der Waals surface area (Å²) in [7, 11) is 0. The summed E-state index contributed by atoms with van der Waals surface area (Å²) in [6, 6.07) is 18.0. The minimum Gasteiger partial charge on any atom is -0.508 e. The van der Waals surface area contributed by atoms with Crippen LogP contribution in [0.25, 0.3) is 0 Å². The van der Waals surface area contributed by atoms with Crippen LogP contribution >= 0.6 is 24.0 Å². The average molecular weight is 453 g/mol. The number of aryl methyl sites for hydroxylation is 1. The Morgan fingerprint density at radius 1 is 1.04 bits per heavy atom. The Labute approximate surface area is 167 Å². The molecule has 2 aromatic carbocycles. The third kappa shape index (κ3) is 8.25. The van der Waals surface area contributed by atoms with Gasteiger partial charge < -0.3 is 15.7 Å². The van der Waals surface area contributed by atoms with Gasteiger partial charge in [-0.1, -0.05) is 42.5 Å². The molecule has 0 saturated heterocycles. The summed E-state index contributed by atoms with van der Waals surface area (Å²) < 4.78 is 0. The van der Waals surface area contributed by atoms with Crippen LogP contribution < -0.4 is 10.6 Å². The highest BCUT2D eigenvalue weighted by Gasteiger charge is 2.05. The molecule has 1 unspecified atom stereocenters. The van der Waals surface area contributed by atoms with Crippen molar-refractivity contribution >= 4 is 29.9 Å². The number of nitrogens with zero attached hydrogens (tertiary/aromatic N) is 1. The van der Waals surface area contributed by atoms with Crippen molar-refractivity contribution in [3.05, 3.63) is 65.7 Å². The van der Waals surface area contributed by atoms with E-state index in [0.717, 1.165) is 30.9 Å². The molecule has 0 fully saturated rings. The van der Waals surface area contributed by atoms with Gasteiger partial charge in [0.2, 0.25) is 0 Å². The number of benzene rings is 2. The van der Waals surface area contributed by atoms with E-state index < -0.39 is 0 Å². The summed E-state index contributed by atoms with van der Waals surface area (Å²) in [5.41, 5.74) is 2.43. The van der Waals surface area contributed by atoms with Gasteiger partial charge in [0.15, 0.2) is 5.96 Å². The number of aromatic hydroxyl groups is 1. The Morgan fingerprint density at radius 3 is 2.36 bits per heavy atom. The Hall–Kier alpha value is -1.76. The fraction of sp³-hybridized carbons (Fsp3) is 0.350. The Morgan fingerprint density at radius 2 is 1.72 bits per heavy atom. The van der Waals surface area contributed by atoms with Crippen LogP contribution in [-0.2, 0) is 13.0 Å². The minimum absolute atomic E-state index is 0. The maximum absolute atomic E-state index is 9.33. The Bertz CT molecular complexity index is 629. The SMILES string of the molecule is CCNC(=NCc1ccc(O)cc1)NC(C)CCc1ccccc1.I.